The number of fused-ring (bicyclic) bond motifs is 1. The average Bonchev–Trinajstić information content (AvgIpc) is 2.82. The molecule has 0 saturated carbocycles. The zero-order valence-electron chi connectivity index (χ0n) is 16.5. The van der Waals surface area contributed by atoms with Crippen LogP contribution in [0.5, 0.6) is 0 Å². The van der Waals surface area contributed by atoms with Gasteiger partial charge in [-0.2, -0.15) is 0 Å². The Bertz CT molecular complexity index is 973. The topological polar surface area (TPSA) is 70.6 Å². The van der Waals surface area contributed by atoms with Gasteiger partial charge in [0.25, 0.3) is 5.91 Å². The molecule has 29 heavy (non-hydrogen) atoms. The maximum Gasteiger partial charge on any atom is 0.269 e. The van der Waals surface area contributed by atoms with E-state index in [4.69, 9.17) is 0 Å². The van der Waals surface area contributed by atoms with Crippen molar-refractivity contribution in [3.05, 3.63) is 64.7 Å². The lowest BCUT2D eigenvalue weighted by Gasteiger charge is -2.17. The van der Waals surface area contributed by atoms with E-state index in [1.807, 2.05) is 18.2 Å². The van der Waals surface area contributed by atoms with Crippen LogP contribution < -0.4 is 10.6 Å². The fourth-order valence-corrected chi connectivity index (χ4v) is 3.07. The van der Waals surface area contributed by atoms with E-state index in [-0.39, 0.29) is 6.42 Å². The van der Waals surface area contributed by atoms with E-state index < -0.39 is 35.5 Å². The monoisotopic (exact) mass is 399 g/mol. The third-order valence-electron chi connectivity index (χ3n) is 4.87. The number of aliphatic imine (C=N–C) groups is 1. The van der Waals surface area contributed by atoms with Gasteiger partial charge in [0.1, 0.15) is 0 Å². The maximum atomic E-state index is 13.4. The van der Waals surface area contributed by atoms with E-state index in [0.29, 0.717) is 17.2 Å². The number of nitrogens with zero attached hydrogens (tertiary/aromatic N) is 1. The molecule has 1 aliphatic rings. The molecule has 0 spiro atoms. The van der Waals surface area contributed by atoms with Crippen LogP contribution in [-0.2, 0) is 16.0 Å². The predicted molar refractivity (Wildman–Crippen MR) is 108 cm³/mol. The van der Waals surface area contributed by atoms with Gasteiger partial charge in [-0.15, -0.1) is 0 Å². The Kier molecular flexibility index (Phi) is 6.06. The fraction of sp³-hybridized carbons (Fsp3) is 0.318. The van der Waals surface area contributed by atoms with Crippen molar-refractivity contribution in [1.29, 1.82) is 0 Å². The second-order valence-corrected chi connectivity index (χ2v) is 7.53. The zero-order chi connectivity index (χ0) is 21.1. The first-order valence-electron chi connectivity index (χ1n) is 9.47. The van der Waals surface area contributed by atoms with Crippen molar-refractivity contribution in [2.45, 2.75) is 39.3 Å². The predicted octanol–water partition coefficient (Wildman–Crippen LogP) is 3.78. The van der Waals surface area contributed by atoms with Gasteiger partial charge in [-0.1, -0.05) is 39.0 Å². The van der Waals surface area contributed by atoms with Gasteiger partial charge >= 0.3 is 0 Å². The van der Waals surface area contributed by atoms with Gasteiger partial charge in [0.2, 0.25) is 12.1 Å². The second-order valence-electron chi connectivity index (χ2n) is 7.53. The number of hydrogen-bond donors (Lipinski definition) is 2. The number of benzene rings is 2. The molecule has 2 atom stereocenters. The molecule has 3 rings (SSSR count). The minimum atomic E-state index is -1.06. The van der Waals surface area contributed by atoms with Crippen molar-refractivity contribution in [1.82, 2.24) is 5.32 Å². The Hall–Kier alpha value is -3.09. The highest BCUT2D eigenvalue weighted by Gasteiger charge is 2.25. The molecule has 7 heteroatoms. The van der Waals surface area contributed by atoms with Crippen molar-refractivity contribution in [3.8, 4) is 0 Å². The molecule has 2 N–H and O–H groups in total. The molecule has 2 aromatic carbocycles. The first-order chi connectivity index (χ1) is 13.7. The van der Waals surface area contributed by atoms with Crippen LogP contribution in [0.3, 0.4) is 0 Å². The first-order valence-corrected chi connectivity index (χ1v) is 9.47. The van der Waals surface area contributed by atoms with Crippen LogP contribution in [0.1, 0.15) is 43.4 Å². The van der Waals surface area contributed by atoms with E-state index in [2.05, 4.69) is 29.5 Å². The molecular weight excluding hydrogens is 376 g/mol. The summed E-state index contributed by atoms with van der Waals surface area (Å²) in [5, 5.41) is 5.42. The van der Waals surface area contributed by atoms with Gasteiger partial charge in [0, 0.05) is 23.4 Å². The molecule has 0 aliphatic carbocycles. The van der Waals surface area contributed by atoms with Crippen LogP contribution in [0, 0.1) is 17.6 Å². The Morgan fingerprint density at radius 2 is 1.90 bits per heavy atom. The van der Waals surface area contributed by atoms with Crippen LogP contribution in [0.4, 0.5) is 14.5 Å². The summed E-state index contributed by atoms with van der Waals surface area (Å²) in [5.41, 5.74) is 2.99. The molecule has 2 aromatic rings. The van der Waals surface area contributed by atoms with Crippen molar-refractivity contribution >= 4 is 23.7 Å². The summed E-state index contributed by atoms with van der Waals surface area (Å²) in [7, 11) is 0. The molecule has 1 heterocycles. The van der Waals surface area contributed by atoms with Gasteiger partial charge in [-0.05, 0) is 41.7 Å². The van der Waals surface area contributed by atoms with Crippen LogP contribution in [-0.4, -0.2) is 24.2 Å². The average molecular weight is 399 g/mol. The standard InChI is InChI=1S/C22H23F2N3O2/c1-12(2)15-5-6-16-11-25-20(22(29)26-19(16)10-15)27-21(28)13(3)8-14-4-7-17(23)18(24)9-14/h4-7,9-13,20H,8H2,1-3H3,(H,26,29)(H,27,28)/t13-,20?/m0/s1. The highest BCUT2D eigenvalue weighted by atomic mass is 19.2. The fourth-order valence-electron chi connectivity index (χ4n) is 3.07. The number of benzodiazepines with no additional fused rings is 1. The number of rotatable bonds is 5. The molecule has 1 aliphatic heterocycles. The Morgan fingerprint density at radius 1 is 1.14 bits per heavy atom. The summed E-state index contributed by atoms with van der Waals surface area (Å²) in [6.07, 6.45) is 0.700. The Balaban J connectivity index is 1.67. The summed E-state index contributed by atoms with van der Waals surface area (Å²) in [6, 6.07) is 9.29. The minimum Gasteiger partial charge on any atom is -0.326 e. The number of carbonyl (C=O) groups excluding carboxylic acids is 2. The van der Waals surface area contributed by atoms with E-state index in [0.717, 1.165) is 23.3 Å². The number of carbonyl (C=O) groups is 2. The van der Waals surface area contributed by atoms with Crippen LogP contribution in [0.25, 0.3) is 0 Å². The molecule has 0 fully saturated rings. The third kappa shape index (κ3) is 4.85. The van der Waals surface area contributed by atoms with Gasteiger partial charge in [-0.25, -0.2) is 8.78 Å². The largest absolute Gasteiger partial charge is 0.326 e. The molecule has 0 saturated heterocycles. The van der Waals surface area contributed by atoms with Crippen molar-refractivity contribution in [2.75, 3.05) is 5.32 Å². The molecule has 0 bridgehead atoms. The highest BCUT2D eigenvalue weighted by Crippen LogP contribution is 2.23. The number of amides is 2. The van der Waals surface area contributed by atoms with Crippen molar-refractivity contribution < 1.29 is 18.4 Å². The lowest BCUT2D eigenvalue weighted by atomic mass is 10.00. The van der Waals surface area contributed by atoms with Gasteiger partial charge < -0.3 is 10.6 Å². The molecule has 152 valence electrons. The summed E-state index contributed by atoms with van der Waals surface area (Å²) < 4.78 is 26.4. The number of nitrogens with one attached hydrogen (secondary N) is 2. The van der Waals surface area contributed by atoms with Crippen molar-refractivity contribution in [3.63, 3.8) is 0 Å². The lowest BCUT2D eigenvalue weighted by molar-refractivity contribution is -0.128. The second kappa shape index (κ2) is 8.51. The number of hydrogen-bond acceptors (Lipinski definition) is 3. The normalized spacial score (nSPS) is 16.8. The molecule has 1 unspecified atom stereocenters. The maximum absolute atomic E-state index is 13.4. The highest BCUT2D eigenvalue weighted by molar-refractivity contribution is 6.04. The summed E-state index contributed by atoms with van der Waals surface area (Å²) in [6.45, 7) is 5.77. The van der Waals surface area contributed by atoms with Gasteiger partial charge in [0.05, 0.1) is 0 Å². The summed E-state index contributed by atoms with van der Waals surface area (Å²) in [5.74, 6) is -2.97. The summed E-state index contributed by atoms with van der Waals surface area (Å²) in [4.78, 5) is 29.2. The molecular formula is C22H23F2N3O2. The summed E-state index contributed by atoms with van der Waals surface area (Å²) >= 11 is 0. The third-order valence-corrected chi connectivity index (χ3v) is 4.87. The molecule has 2 amide bonds. The molecule has 5 nitrogen and oxygen atoms in total. The Morgan fingerprint density at radius 3 is 2.59 bits per heavy atom. The molecule has 0 aromatic heterocycles. The van der Waals surface area contributed by atoms with Crippen molar-refractivity contribution in [2.24, 2.45) is 10.9 Å². The van der Waals surface area contributed by atoms with E-state index in [1.54, 1.807) is 13.1 Å². The zero-order valence-corrected chi connectivity index (χ0v) is 16.5. The van der Waals surface area contributed by atoms with Crippen LogP contribution >= 0.6 is 0 Å². The van der Waals surface area contributed by atoms with Crippen LogP contribution in [0.15, 0.2) is 41.4 Å². The SMILES string of the molecule is CC(C)c1ccc2c(c1)NC(=O)C(NC(=O)[C@@H](C)Cc1ccc(F)c(F)c1)N=C2. The number of anilines is 1. The van der Waals surface area contributed by atoms with Gasteiger partial charge in [-0.3, -0.25) is 14.6 Å². The van der Waals surface area contributed by atoms with Crippen LogP contribution in [0.2, 0.25) is 0 Å². The Labute approximate surface area is 168 Å². The van der Waals surface area contributed by atoms with E-state index in [1.165, 1.54) is 6.07 Å². The molecule has 0 radical (unpaired) electrons. The smallest absolute Gasteiger partial charge is 0.269 e. The quantitative estimate of drug-likeness (QED) is 0.803. The lowest BCUT2D eigenvalue weighted by Crippen LogP contribution is -2.44. The van der Waals surface area contributed by atoms with Gasteiger partial charge in [0.15, 0.2) is 11.6 Å². The number of halogens is 2. The minimum absolute atomic E-state index is 0.207. The van der Waals surface area contributed by atoms with E-state index >= 15 is 0 Å². The first kappa shape index (κ1) is 20.6. The van der Waals surface area contributed by atoms with E-state index in [9.17, 15) is 18.4 Å².